The first-order valence-electron chi connectivity index (χ1n) is 3.73. The van der Waals surface area contributed by atoms with Crippen molar-refractivity contribution in [2.45, 2.75) is 4.90 Å². The molecule has 0 aliphatic rings. The maximum absolute atomic E-state index is 10.9. The highest BCUT2D eigenvalue weighted by Gasteiger charge is 2.14. The summed E-state index contributed by atoms with van der Waals surface area (Å²) in [6, 6.07) is 3.60. The third kappa shape index (κ3) is 1.53. The van der Waals surface area contributed by atoms with E-state index in [9.17, 15) is 4.79 Å². The largest absolute Gasteiger partial charge is 0.478 e. The van der Waals surface area contributed by atoms with Gasteiger partial charge in [0.1, 0.15) is 0 Å². The Bertz CT molecular complexity index is 519. The van der Waals surface area contributed by atoms with E-state index >= 15 is 0 Å². The van der Waals surface area contributed by atoms with Gasteiger partial charge in [-0.15, -0.1) is 24.0 Å². The van der Waals surface area contributed by atoms with Crippen molar-refractivity contribution in [2.24, 2.45) is 0 Å². The molecule has 0 unspecified atom stereocenters. The van der Waals surface area contributed by atoms with Gasteiger partial charge in [-0.3, -0.25) is 0 Å². The van der Waals surface area contributed by atoms with Crippen LogP contribution in [0.5, 0.6) is 0 Å². The standard InChI is InChI=1S/C9H5IO2S2/c10-6-5(9(11)12)3-4-1-2-14-8(4)7(6)13/h1-3,13H,(H,11,12). The summed E-state index contributed by atoms with van der Waals surface area (Å²) in [5, 5.41) is 11.8. The fraction of sp³-hybridized carbons (Fsp3) is 0. The maximum atomic E-state index is 10.9. The summed E-state index contributed by atoms with van der Waals surface area (Å²) >= 11 is 7.92. The van der Waals surface area contributed by atoms with Crippen LogP contribution in [0.3, 0.4) is 0 Å². The lowest BCUT2D eigenvalue weighted by Gasteiger charge is -2.03. The number of carboxylic acid groups (broad SMARTS) is 1. The number of aromatic carboxylic acids is 1. The molecule has 1 aromatic carbocycles. The number of fused-ring (bicyclic) bond motifs is 1. The molecule has 72 valence electrons. The Morgan fingerprint density at radius 3 is 2.93 bits per heavy atom. The predicted molar refractivity (Wildman–Crippen MR) is 68.8 cm³/mol. The molecule has 2 nitrogen and oxygen atoms in total. The number of hydrogen-bond acceptors (Lipinski definition) is 3. The Morgan fingerprint density at radius 1 is 1.57 bits per heavy atom. The van der Waals surface area contributed by atoms with Crippen molar-refractivity contribution in [3.8, 4) is 0 Å². The minimum absolute atomic E-state index is 0.321. The molecule has 0 atom stereocenters. The molecule has 1 aromatic heterocycles. The van der Waals surface area contributed by atoms with E-state index in [0.29, 0.717) is 9.13 Å². The van der Waals surface area contributed by atoms with E-state index in [1.54, 1.807) is 17.4 Å². The van der Waals surface area contributed by atoms with E-state index < -0.39 is 5.97 Å². The molecule has 14 heavy (non-hydrogen) atoms. The van der Waals surface area contributed by atoms with Crippen molar-refractivity contribution < 1.29 is 9.90 Å². The van der Waals surface area contributed by atoms with Crippen molar-refractivity contribution >= 4 is 62.6 Å². The fourth-order valence-electron chi connectivity index (χ4n) is 1.23. The van der Waals surface area contributed by atoms with Gasteiger partial charge >= 0.3 is 5.97 Å². The van der Waals surface area contributed by atoms with Gasteiger partial charge in [-0.1, -0.05) is 0 Å². The summed E-state index contributed by atoms with van der Waals surface area (Å²) in [5.41, 5.74) is 0.321. The molecule has 0 fully saturated rings. The van der Waals surface area contributed by atoms with Gasteiger partial charge in [0.05, 0.1) is 5.56 Å². The second kappa shape index (κ2) is 3.71. The van der Waals surface area contributed by atoms with Crippen LogP contribution in [0.25, 0.3) is 10.1 Å². The van der Waals surface area contributed by atoms with E-state index in [4.69, 9.17) is 5.11 Å². The van der Waals surface area contributed by atoms with E-state index in [0.717, 1.165) is 15.0 Å². The maximum Gasteiger partial charge on any atom is 0.336 e. The van der Waals surface area contributed by atoms with Crippen LogP contribution < -0.4 is 0 Å². The SMILES string of the molecule is O=C(O)c1cc2ccsc2c(S)c1I. The summed E-state index contributed by atoms with van der Waals surface area (Å²) in [5.74, 6) is -0.905. The minimum atomic E-state index is -0.905. The first kappa shape index (κ1) is 10.3. The van der Waals surface area contributed by atoms with Gasteiger partial charge in [0.25, 0.3) is 0 Å². The number of hydrogen-bond donors (Lipinski definition) is 2. The van der Waals surface area contributed by atoms with Crippen molar-refractivity contribution in [3.63, 3.8) is 0 Å². The molecular formula is C9H5IO2S2. The van der Waals surface area contributed by atoms with Gasteiger partial charge in [0.15, 0.2) is 0 Å². The summed E-state index contributed by atoms with van der Waals surface area (Å²) in [4.78, 5) is 11.7. The summed E-state index contributed by atoms with van der Waals surface area (Å²) < 4.78 is 1.75. The molecule has 0 bridgehead atoms. The van der Waals surface area contributed by atoms with Crippen LogP contribution in [-0.2, 0) is 0 Å². The molecule has 0 spiro atoms. The molecule has 5 heteroatoms. The van der Waals surface area contributed by atoms with E-state index in [-0.39, 0.29) is 0 Å². The number of halogens is 1. The van der Waals surface area contributed by atoms with E-state index in [2.05, 4.69) is 12.6 Å². The lowest BCUT2D eigenvalue weighted by Crippen LogP contribution is -2.00. The normalized spacial score (nSPS) is 10.7. The fourth-order valence-corrected chi connectivity index (χ4v) is 3.30. The third-order valence-corrected chi connectivity index (χ3v) is 4.98. The van der Waals surface area contributed by atoms with E-state index in [1.165, 1.54) is 0 Å². The Balaban J connectivity index is 2.87. The van der Waals surface area contributed by atoms with Crippen LogP contribution in [0.15, 0.2) is 22.4 Å². The first-order chi connectivity index (χ1) is 6.61. The Kier molecular flexibility index (Phi) is 2.72. The molecule has 2 rings (SSSR count). The Morgan fingerprint density at radius 2 is 2.29 bits per heavy atom. The minimum Gasteiger partial charge on any atom is -0.478 e. The van der Waals surface area contributed by atoms with Gasteiger partial charge in [-0.2, -0.15) is 0 Å². The topological polar surface area (TPSA) is 37.3 Å². The molecule has 2 aromatic rings. The summed E-state index contributed by atoms with van der Waals surface area (Å²) in [6.07, 6.45) is 0. The molecule has 0 radical (unpaired) electrons. The average Bonchev–Trinajstić information content (AvgIpc) is 2.58. The van der Waals surface area contributed by atoms with Crippen LogP contribution in [0.2, 0.25) is 0 Å². The highest BCUT2D eigenvalue weighted by Crippen LogP contribution is 2.33. The van der Waals surface area contributed by atoms with Crippen LogP contribution in [-0.4, -0.2) is 11.1 Å². The number of carbonyl (C=O) groups is 1. The Hall–Kier alpha value is -0.270. The molecular weight excluding hydrogens is 331 g/mol. The number of carboxylic acids is 1. The van der Waals surface area contributed by atoms with Crippen molar-refractivity contribution in [2.75, 3.05) is 0 Å². The molecule has 1 N–H and O–H groups in total. The van der Waals surface area contributed by atoms with Gasteiger partial charge < -0.3 is 5.11 Å². The van der Waals surface area contributed by atoms with Gasteiger partial charge in [0.2, 0.25) is 0 Å². The average molecular weight is 336 g/mol. The second-order valence-corrected chi connectivity index (χ2v) is 5.17. The molecule has 1 heterocycles. The third-order valence-electron chi connectivity index (χ3n) is 1.89. The molecule has 0 aliphatic carbocycles. The number of rotatable bonds is 1. The number of benzene rings is 1. The number of thiophene rings is 1. The Labute approximate surface area is 103 Å². The van der Waals surface area contributed by atoms with E-state index in [1.807, 2.05) is 34.0 Å². The zero-order chi connectivity index (χ0) is 10.3. The van der Waals surface area contributed by atoms with Crippen molar-refractivity contribution in [1.29, 1.82) is 0 Å². The van der Waals surface area contributed by atoms with Crippen LogP contribution in [0, 0.1) is 3.57 Å². The summed E-state index contributed by atoms with van der Waals surface area (Å²) in [6.45, 7) is 0. The molecule has 0 saturated carbocycles. The quantitative estimate of drug-likeness (QED) is 0.618. The highest BCUT2D eigenvalue weighted by atomic mass is 127. The highest BCUT2D eigenvalue weighted by molar-refractivity contribution is 14.1. The van der Waals surface area contributed by atoms with Gasteiger partial charge in [-0.05, 0) is 45.5 Å². The molecule has 0 saturated heterocycles. The first-order valence-corrected chi connectivity index (χ1v) is 6.14. The summed E-state index contributed by atoms with van der Waals surface area (Å²) in [7, 11) is 0. The van der Waals surface area contributed by atoms with Crippen LogP contribution in [0.4, 0.5) is 0 Å². The van der Waals surface area contributed by atoms with Crippen molar-refractivity contribution in [1.82, 2.24) is 0 Å². The second-order valence-electron chi connectivity index (χ2n) is 2.73. The van der Waals surface area contributed by atoms with Crippen LogP contribution in [0.1, 0.15) is 10.4 Å². The number of thiol groups is 1. The predicted octanol–water partition coefficient (Wildman–Crippen LogP) is 3.49. The molecule has 0 aliphatic heterocycles. The smallest absolute Gasteiger partial charge is 0.336 e. The lowest BCUT2D eigenvalue weighted by molar-refractivity contribution is 0.0695. The van der Waals surface area contributed by atoms with Gasteiger partial charge in [-0.25, -0.2) is 4.79 Å². The van der Waals surface area contributed by atoms with Crippen LogP contribution >= 0.6 is 46.6 Å². The lowest BCUT2D eigenvalue weighted by atomic mass is 10.2. The molecule has 0 amide bonds. The van der Waals surface area contributed by atoms with Crippen molar-refractivity contribution in [3.05, 3.63) is 26.6 Å². The zero-order valence-corrected chi connectivity index (χ0v) is 10.7. The van der Waals surface area contributed by atoms with Gasteiger partial charge in [0, 0.05) is 13.2 Å². The zero-order valence-electron chi connectivity index (χ0n) is 6.82. The monoisotopic (exact) mass is 336 g/mol.